The molecule has 0 bridgehead atoms. The van der Waals surface area contributed by atoms with E-state index >= 15 is 0 Å². The molecule has 1 aromatic carbocycles. The molecule has 0 saturated carbocycles. The van der Waals surface area contributed by atoms with E-state index in [1.165, 1.54) is 6.07 Å². The number of benzene rings is 1. The van der Waals surface area contributed by atoms with Crippen LogP contribution in [0.2, 0.25) is 0 Å². The summed E-state index contributed by atoms with van der Waals surface area (Å²) in [5, 5.41) is 15.2. The molecule has 122 valence electrons. The van der Waals surface area contributed by atoms with E-state index in [1.807, 2.05) is 20.0 Å². The van der Waals surface area contributed by atoms with Crippen molar-refractivity contribution in [2.24, 2.45) is 5.92 Å². The van der Waals surface area contributed by atoms with Crippen molar-refractivity contribution in [1.29, 1.82) is 0 Å². The van der Waals surface area contributed by atoms with Crippen molar-refractivity contribution in [3.05, 3.63) is 40.1 Å². The third kappa shape index (κ3) is 3.27. The molecule has 1 fully saturated rings. The molecule has 3 rings (SSSR count). The maximum atomic E-state index is 11.1. The number of rotatable bonds is 4. The third-order valence-electron chi connectivity index (χ3n) is 4.56. The molecule has 0 radical (unpaired) electrons. The molecule has 1 saturated heterocycles. The molecule has 1 aliphatic rings. The summed E-state index contributed by atoms with van der Waals surface area (Å²) < 4.78 is 0. The lowest BCUT2D eigenvalue weighted by Crippen LogP contribution is -2.36. The second-order valence-electron chi connectivity index (χ2n) is 6.23. The predicted molar refractivity (Wildman–Crippen MR) is 92.0 cm³/mol. The van der Waals surface area contributed by atoms with E-state index in [0.29, 0.717) is 5.92 Å². The molecule has 0 amide bonds. The van der Waals surface area contributed by atoms with Gasteiger partial charge < -0.3 is 10.2 Å². The lowest BCUT2D eigenvalue weighted by Gasteiger charge is -2.34. The van der Waals surface area contributed by atoms with Crippen molar-refractivity contribution in [1.82, 2.24) is 10.3 Å². The van der Waals surface area contributed by atoms with Crippen molar-refractivity contribution in [3.63, 3.8) is 0 Å². The summed E-state index contributed by atoms with van der Waals surface area (Å²) >= 11 is 0. The topological polar surface area (TPSA) is 71.3 Å². The number of hydrogen-bond acceptors (Lipinski definition) is 5. The lowest BCUT2D eigenvalue weighted by atomic mass is 9.96. The van der Waals surface area contributed by atoms with Crippen LogP contribution in [0.15, 0.2) is 24.3 Å². The van der Waals surface area contributed by atoms with Crippen LogP contribution in [0, 0.1) is 23.0 Å². The molecule has 1 aromatic heterocycles. The SMILES string of the molecule is CNCC1CCN(c2cc(C)nc3ccc([N+](=O)[O-])cc23)CC1. The number of non-ortho nitro benzene ring substituents is 1. The Labute approximate surface area is 135 Å². The number of anilines is 1. The minimum absolute atomic E-state index is 0.120. The highest BCUT2D eigenvalue weighted by atomic mass is 16.6. The van der Waals surface area contributed by atoms with Crippen molar-refractivity contribution in [3.8, 4) is 0 Å². The molecule has 0 unspecified atom stereocenters. The van der Waals surface area contributed by atoms with Crippen LogP contribution in [0.3, 0.4) is 0 Å². The molecule has 2 heterocycles. The van der Waals surface area contributed by atoms with Crippen molar-refractivity contribution in [2.45, 2.75) is 19.8 Å². The Morgan fingerprint density at radius 2 is 2.09 bits per heavy atom. The van der Waals surface area contributed by atoms with Gasteiger partial charge in [-0.05, 0) is 51.4 Å². The van der Waals surface area contributed by atoms with Crippen LogP contribution in [0.4, 0.5) is 11.4 Å². The quantitative estimate of drug-likeness (QED) is 0.694. The molecule has 6 heteroatoms. The van der Waals surface area contributed by atoms with E-state index in [9.17, 15) is 10.1 Å². The standard InChI is InChI=1S/C17H22N4O2/c1-12-9-17(20-7-5-13(6-8-20)11-18-2)15-10-14(21(22)23)3-4-16(15)19-12/h3-4,9-10,13,18H,5-8,11H2,1-2H3. The summed E-state index contributed by atoms with van der Waals surface area (Å²) in [4.78, 5) is 17.6. The fraction of sp³-hybridized carbons (Fsp3) is 0.471. The van der Waals surface area contributed by atoms with Gasteiger partial charge in [0.05, 0.1) is 10.4 Å². The summed E-state index contributed by atoms with van der Waals surface area (Å²) in [6, 6.07) is 6.97. The Morgan fingerprint density at radius 1 is 1.35 bits per heavy atom. The molecule has 6 nitrogen and oxygen atoms in total. The van der Waals surface area contributed by atoms with Crippen molar-refractivity contribution < 1.29 is 4.92 Å². The van der Waals surface area contributed by atoms with Gasteiger partial charge in [-0.3, -0.25) is 15.1 Å². The first-order valence-electron chi connectivity index (χ1n) is 8.04. The van der Waals surface area contributed by atoms with Crippen LogP contribution in [0.5, 0.6) is 0 Å². The molecule has 23 heavy (non-hydrogen) atoms. The van der Waals surface area contributed by atoms with E-state index < -0.39 is 0 Å². The van der Waals surface area contributed by atoms with Gasteiger partial charge >= 0.3 is 0 Å². The van der Waals surface area contributed by atoms with E-state index in [-0.39, 0.29) is 10.6 Å². The number of piperidine rings is 1. The second-order valence-corrected chi connectivity index (χ2v) is 6.23. The van der Waals surface area contributed by atoms with E-state index in [2.05, 4.69) is 15.2 Å². The highest BCUT2D eigenvalue weighted by Gasteiger charge is 2.21. The van der Waals surface area contributed by atoms with Gasteiger partial charge in [-0.2, -0.15) is 0 Å². The Kier molecular flexibility index (Phi) is 4.43. The molecule has 2 aromatic rings. The minimum atomic E-state index is -0.345. The highest BCUT2D eigenvalue weighted by molar-refractivity contribution is 5.93. The van der Waals surface area contributed by atoms with Gasteiger partial charge in [-0.25, -0.2) is 0 Å². The van der Waals surface area contributed by atoms with E-state index in [1.54, 1.807) is 12.1 Å². The summed E-state index contributed by atoms with van der Waals surface area (Å²) in [5.74, 6) is 0.708. The first kappa shape index (κ1) is 15.7. The Bertz CT molecular complexity index is 724. The largest absolute Gasteiger partial charge is 0.371 e. The fourth-order valence-corrected chi connectivity index (χ4v) is 3.37. The Hall–Kier alpha value is -2.21. The summed E-state index contributed by atoms with van der Waals surface area (Å²) in [6.45, 7) is 4.98. The maximum absolute atomic E-state index is 11.1. The molecule has 0 aliphatic carbocycles. The molecule has 0 spiro atoms. The lowest BCUT2D eigenvalue weighted by molar-refractivity contribution is -0.384. The van der Waals surface area contributed by atoms with Crippen LogP contribution in [0.25, 0.3) is 10.9 Å². The second kappa shape index (κ2) is 6.50. The molecule has 0 atom stereocenters. The fourth-order valence-electron chi connectivity index (χ4n) is 3.37. The first-order chi connectivity index (χ1) is 11.1. The smallest absolute Gasteiger partial charge is 0.270 e. The van der Waals surface area contributed by atoms with Gasteiger partial charge in [0.1, 0.15) is 0 Å². The number of hydrogen-bond donors (Lipinski definition) is 1. The average Bonchev–Trinajstić information content (AvgIpc) is 2.54. The van der Waals surface area contributed by atoms with Gasteiger partial charge in [0.15, 0.2) is 0 Å². The summed E-state index contributed by atoms with van der Waals surface area (Å²) in [6.07, 6.45) is 2.28. The number of nitrogens with one attached hydrogen (secondary N) is 1. The number of fused-ring (bicyclic) bond motifs is 1. The normalized spacial score (nSPS) is 16.0. The van der Waals surface area contributed by atoms with Gasteiger partial charge in [0.2, 0.25) is 0 Å². The zero-order chi connectivity index (χ0) is 16.4. The molecular formula is C17H22N4O2. The number of nitro benzene ring substituents is 1. The number of nitrogens with zero attached hydrogens (tertiary/aromatic N) is 3. The van der Waals surface area contributed by atoms with E-state index in [0.717, 1.165) is 54.8 Å². The van der Waals surface area contributed by atoms with Gasteiger partial charge in [-0.1, -0.05) is 0 Å². The predicted octanol–water partition coefficient (Wildman–Crippen LogP) is 2.89. The Morgan fingerprint density at radius 3 is 2.74 bits per heavy atom. The van der Waals surface area contributed by atoms with Crippen molar-refractivity contribution in [2.75, 3.05) is 31.6 Å². The van der Waals surface area contributed by atoms with Crippen LogP contribution < -0.4 is 10.2 Å². The number of aromatic nitrogens is 1. The maximum Gasteiger partial charge on any atom is 0.270 e. The highest BCUT2D eigenvalue weighted by Crippen LogP contribution is 2.32. The third-order valence-corrected chi connectivity index (χ3v) is 4.56. The average molecular weight is 314 g/mol. The zero-order valence-corrected chi connectivity index (χ0v) is 13.6. The van der Waals surface area contributed by atoms with Crippen molar-refractivity contribution >= 4 is 22.3 Å². The number of aryl methyl sites for hydroxylation is 1. The minimum Gasteiger partial charge on any atom is -0.371 e. The molecule has 1 aliphatic heterocycles. The zero-order valence-electron chi connectivity index (χ0n) is 13.6. The summed E-state index contributed by atoms with van der Waals surface area (Å²) in [7, 11) is 1.99. The van der Waals surface area contributed by atoms with Gasteiger partial charge in [0, 0.05) is 42.0 Å². The van der Waals surface area contributed by atoms with E-state index in [4.69, 9.17) is 0 Å². The monoisotopic (exact) mass is 314 g/mol. The summed E-state index contributed by atoms with van der Waals surface area (Å²) in [5.41, 5.74) is 2.95. The number of pyridine rings is 1. The van der Waals surface area contributed by atoms with Crippen LogP contribution >= 0.6 is 0 Å². The molecular weight excluding hydrogens is 292 g/mol. The Balaban J connectivity index is 1.96. The first-order valence-corrected chi connectivity index (χ1v) is 8.04. The van der Waals surface area contributed by atoms with Crippen LogP contribution in [0.1, 0.15) is 18.5 Å². The van der Waals surface area contributed by atoms with Crippen LogP contribution in [-0.2, 0) is 0 Å². The number of nitro groups is 1. The molecule has 1 N–H and O–H groups in total. The van der Waals surface area contributed by atoms with Gasteiger partial charge in [-0.15, -0.1) is 0 Å². The van der Waals surface area contributed by atoms with Crippen LogP contribution in [-0.4, -0.2) is 36.6 Å². The van der Waals surface area contributed by atoms with Gasteiger partial charge in [0.25, 0.3) is 5.69 Å².